The van der Waals surface area contributed by atoms with Crippen molar-refractivity contribution in [3.63, 3.8) is 0 Å². The van der Waals surface area contributed by atoms with Crippen molar-refractivity contribution in [2.45, 2.75) is 36.8 Å². The molecule has 1 aliphatic rings. The van der Waals surface area contributed by atoms with Crippen LogP contribution in [0.2, 0.25) is 5.15 Å². The lowest BCUT2D eigenvalue weighted by molar-refractivity contribution is -0.384. The van der Waals surface area contributed by atoms with Gasteiger partial charge in [0, 0.05) is 25.1 Å². The van der Waals surface area contributed by atoms with Crippen molar-refractivity contribution in [1.82, 2.24) is 4.98 Å². The van der Waals surface area contributed by atoms with Crippen molar-refractivity contribution in [2.75, 3.05) is 17.7 Å². The first-order chi connectivity index (χ1) is 12.8. The van der Waals surface area contributed by atoms with Gasteiger partial charge in [-0.15, -0.1) is 11.8 Å². The summed E-state index contributed by atoms with van der Waals surface area (Å²) in [5, 5.41) is 12.0. The number of thioether (sulfide) groups is 1. The normalized spacial score (nSPS) is 18.4. The number of benzene rings is 1. The second-order valence-electron chi connectivity index (χ2n) is 6.42. The van der Waals surface area contributed by atoms with Gasteiger partial charge >= 0.3 is 5.69 Å². The van der Waals surface area contributed by atoms with E-state index in [9.17, 15) is 18.9 Å². The number of rotatable bonds is 7. The van der Waals surface area contributed by atoms with E-state index in [2.05, 4.69) is 4.98 Å². The van der Waals surface area contributed by atoms with Gasteiger partial charge in [-0.3, -0.25) is 10.1 Å². The molecule has 3 rings (SSSR count). The molecule has 1 saturated carbocycles. The standard InChI is InChI=1S/C18H18ClF2N3O2S/c1-3-6-27-16-9-15(17(24(25)26)18(19)22-16)23(2)14-8-11(14)10-4-5-12(20)13(21)7-10/h4-5,7,9,11,14H,3,6,8H2,1-2H3/t11-,14?/m0/s1. The highest BCUT2D eigenvalue weighted by molar-refractivity contribution is 7.99. The lowest BCUT2D eigenvalue weighted by Gasteiger charge is -2.20. The number of halogens is 3. The zero-order valence-electron chi connectivity index (χ0n) is 14.8. The first kappa shape index (κ1) is 19.8. The molecule has 1 aromatic carbocycles. The van der Waals surface area contributed by atoms with Crippen molar-refractivity contribution in [1.29, 1.82) is 0 Å². The smallest absolute Gasteiger partial charge is 0.329 e. The Kier molecular flexibility index (Phi) is 5.86. The predicted molar refractivity (Wildman–Crippen MR) is 103 cm³/mol. The van der Waals surface area contributed by atoms with E-state index in [1.54, 1.807) is 24.1 Å². The molecule has 0 amide bonds. The van der Waals surface area contributed by atoms with Crippen molar-refractivity contribution >= 4 is 34.7 Å². The first-order valence-electron chi connectivity index (χ1n) is 8.49. The summed E-state index contributed by atoms with van der Waals surface area (Å²) in [5.41, 5.74) is 0.818. The molecule has 1 aliphatic carbocycles. The van der Waals surface area contributed by atoms with E-state index < -0.39 is 16.6 Å². The average Bonchev–Trinajstić information content (AvgIpc) is 3.41. The van der Waals surface area contributed by atoms with Crippen LogP contribution in [0.15, 0.2) is 29.3 Å². The van der Waals surface area contributed by atoms with Crippen LogP contribution in [0, 0.1) is 21.7 Å². The van der Waals surface area contributed by atoms with Gasteiger partial charge in [0.2, 0.25) is 5.15 Å². The largest absolute Gasteiger partial charge is 0.365 e. The van der Waals surface area contributed by atoms with Gasteiger partial charge in [0.05, 0.1) is 4.92 Å². The third-order valence-electron chi connectivity index (χ3n) is 4.55. The Bertz CT molecular complexity index is 884. The topological polar surface area (TPSA) is 59.3 Å². The molecule has 27 heavy (non-hydrogen) atoms. The number of hydrogen-bond acceptors (Lipinski definition) is 5. The summed E-state index contributed by atoms with van der Waals surface area (Å²) in [6.45, 7) is 2.03. The fourth-order valence-corrected chi connectivity index (χ4v) is 4.15. The SMILES string of the molecule is CCCSc1cc(N(C)C2C[C@H]2c2ccc(F)c(F)c2)c([N+](=O)[O-])c(Cl)n1. The van der Waals surface area contributed by atoms with Gasteiger partial charge < -0.3 is 4.90 Å². The zero-order chi connectivity index (χ0) is 19.7. The summed E-state index contributed by atoms with van der Waals surface area (Å²) >= 11 is 7.57. The van der Waals surface area contributed by atoms with Crippen LogP contribution in [0.3, 0.4) is 0 Å². The number of anilines is 1. The van der Waals surface area contributed by atoms with E-state index >= 15 is 0 Å². The number of nitrogens with zero attached hydrogens (tertiary/aromatic N) is 3. The molecule has 1 heterocycles. The zero-order valence-corrected chi connectivity index (χ0v) is 16.4. The van der Waals surface area contributed by atoms with Crippen molar-refractivity contribution in [3.8, 4) is 0 Å². The molecule has 2 atom stereocenters. The van der Waals surface area contributed by atoms with Crippen LogP contribution in [-0.2, 0) is 0 Å². The second kappa shape index (κ2) is 7.98. The Morgan fingerprint density at radius 2 is 2.11 bits per heavy atom. The number of pyridine rings is 1. The summed E-state index contributed by atoms with van der Waals surface area (Å²) in [5.74, 6) is -0.982. The van der Waals surface area contributed by atoms with Gasteiger partial charge in [-0.25, -0.2) is 13.8 Å². The van der Waals surface area contributed by atoms with Gasteiger partial charge in [-0.2, -0.15) is 0 Å². The highest BCUT2D eigenvalue weighted by Crippen LogP contribution is 2.48. The molecular weight excluding hydrogens is 396 g/mol. The van der Waals surface area contributed by atoms with Gasteiger partial charge in [0.25, 0.3) is 0 Å². The molecular formula is C18H18ClF2N3O2S. The molecule has 0 spiro atoms. The predicted octanol–water partition coefficient (Wildman–Crippen LogP) is 5.42. The minimum absolute atomic E-state index is 0.0246. The molecule has 0 bridgehead atoms. The molecule has 0 N–H and O–H groups in total. The van der Waals surface area contributed by atoms with E-state index in [0.717, 1.165) is 18.2 Å². The molecule has 2 aromatic rings. The maximum Gasteiger partial charge on any atom is 0.329 e. The quantitative estimate of drug-likeness (QED) is 0.262. The molecule has 5 nitrogen and oxygen atoms in total. The van der Waals surface area contributed by atoms with Gasteiger partial charge in [0.15, 0.2) is 11.6 Å². The van der Waals surface area contributed by atoms with Crippen LogP contribution in [0.4, 0.5) is 20.2 Å². The van der Waals surface area contributed by atoms with Gasteiger partial charge in [0.1, 0.15) is 10.7 Å². The number of aromatic nitrogens is 1. The van der Waals surface area contributed by atoms with Gasteiger partial charge in [-0.1, -0.05) is 24.6 Å². The van der Waals surface area contributed by atoms with Crippen LogP contribution < -0.4 is 4.90 Å². The summed E-state index contributed by atoms with van der Waals surface area (Å²) in [4.78, 5) is 16.9. The molecule has 0 saturated heterocycles. The highest BCUT2D eigenvalue weighted by atomic mass is 35.5. The van der Waals surface area contributed by atoms with Crippen molar-refractivity contribution < 1.29 is 13.7 Å². The fourth-order valence-electron chi connectivity index (χ4n) is 3.08. The summed E-state index contributed by atoms with van der Waals surface area (Å²) in [6.07, 6.45) is 1.63. The molecule has 144 valence electrons. The number of nitro groups is 1. The van der Waals surface area contributed by atoms with Crippen LogP contribution in [-0.4, -0.2) is 28.7 Å². The van der Waals surface area contributed by atoms with Crippen LogP contribution in [0.25, 0.3) is 0 Å². The van der Waals surface area contributed by atoms with E-state index in [4.69, 9.17) is 11.6 Å². The minimum Gasteiger partial charge on any atom is -0.365 e. The molecule has 1 unspecified atom stereocenters. The average molecular weight is 414 g/mol. The van der Waals surface area contributed by atoms with Crippen molar-refractivity contribution in [3.05, 3.63) is 56.7 Å². The van der Waals surface area contributed by atoms with Crippen molar-refractivity contribution in [2.24, 2.45) is 0 Å². The maximum absolute atomic E-state index is 13.5. The number of hydrogen-bond donors (Lipinski definition) is 0. The summed E-state index contributed by atoms with van der Waals surface area (Å²) < 4.78 is 26.7. The lowest BCUT2D eigenvalue weighted by Crippen LogP contribution is -2.22. The van der Waals surface area contributed by atoms with E-state index in [1.807, 2.05) is 6.92 Å². The van der Waals surface area contributed by atoms with Crippen LogP contribution in [0.1, 0.15) is 31.2 Å². The Balaban J connectivity index is 1.89. The summed E-state index contributed by atoms with van der Waals surface area (Å²) in [7, 11) is 1.75. The monoisotopic (exact) mass is 413 g/mol. The maximum atomic E-state index is 13.5. The Labute approximate surface area is 164 Å². The first-order valence-corrected chi connectivity index (χ1v) is 9.85. The fraction of sp³-hybridized carbons (Fsp3) is 0.389. The second-order valence-corrected chi connectivity index (χ2v) is 7.89. The minimum atomic E-state index is -0.892. The van der Waals surface area contributed by atoms with E-state index in [1.165, 1.54) is 17.8 Å². The van der Waals surface area contributed by atoms with E-state index in [-0.39, 0.29) is 22.8 Å². The molecule has 0 aliphatic heterocycles. The van der Waals surface area contributed by atoms with E-state index in [0.29, 0.717) is 22.7 Å². The molecule has 1 fully saturated rings. The summed E-state index contributed by atoms with van der Waals surface area (Å²) in [6, 6.07) is 5.45. The number of likely N-dealkylation sites (N-methyl/N-ethyl adjacent to an activating group) is 1. The highest BCUT2D eigenvalue weighted by Gasteiger charge is 2.44. The molecule has 0 radical (unpaired) electrons. The third-order valence-corrected chi connectivity index (χ3v) is 5.93. The van der Waals surface area contributed by atoms with Crippen LogP contribution in [0.5, 0.6) is 0 Å². The van der Waals surface area contributed by atoms with Gasteiger partial charge in [-0.05, 0) is 36.3 Å². The Morgan fingerprint density at radius 1 is 1.37 bits per heavy atom. The van der Waals surface area contributed by atoms with Crippen LogP contribution >= 0.6 is 23.4 Å². The Morgan fingerprint density at radius 3 is 2.74 bits per heavy atom. The molecule has 9 heteroatoms. The third kappa shape index (κ3) is 4.16. The Hall–Kier alpha value is -1.93. The lowest BCUT2D eigenvalue weighted by atomic mass is 10.1. The molecule has 1 aromatic heterocycles.